The van der Waals surface area contributed by atoms with Gasteiger partial charge in [-0.25, -0.2) is 0 Å². The number of anilines is 1. The molecule has 23 heavy (non-hydrogen) atoms. The van der Waals surface area contributed by atoms with Crippen LogP contribution < -0.4 is 11.1 Å². The van der Waals surface area contributed by atoms with Crippen molar-refractivity contribution in [3.63, 3.8) is 0 Å². The number of amides is 1. The summed E-state index contributed by atoms with van der Waals surface area (Å²) in [4.78, 5) is 12.3. The number of carbonyl (C=O) groups is 1. The van der Waals surface area contributed by atoms with Crippen molar-refractivity contribution in [1.29, 1.82) is 0 Å². The Morgan fingerprint density at radius 2 is 2.00 bits per heavy atom. The summed E-state index contributed by atoms with van der Waals surface area (Å²) in [5.74, 6) is 0.125. The number of nitrogen functional groups attached to an aromatic ring is 1. The molecule has 1 amide bonds. The summed E-state index contributed by atoms with van der Waals surface area (Å²) in [6, 6.07) is 14.5. The molecule has 0 radical (unpaired) electrons. The summed E-state index contributed by atoms with van der Waals surface area (Å²) in [6.07, 6.45) is 4.47. The predicted molar refractivity (Wildman–Crippen MR) is 94.2 cm³/mol. The molecule has 0 spiro atoms. The molecule has 0 fully saturated rings. The van der Waals surface area contributed by atoms with E-state index in [0.29, 0.717) is 6.42 Å². The van der Waals surface area contributed by atoms with E-state index in [9.17, 15) is 4.79 Å². The van der Waals surface area contributed by atoms with Crippen LogP contribution in [0.2, 0.25) is 0 Å². The summed E-state index contributed by atoms with van der Waals surface area (Å²) in [6.45, 7) is 2.07. The molecule has 1 aliphatic carbocycles. The van der Waals surface area contributed by atoms with Gasteiger partial charge in [0, 0.05) is 12.1 Å². The Labute approximate surface area is 137 Å². The van der Waals surface area contributed by atoms with Crippen molar-refractivity contribution in [3.05, 3.63) is 64.7 Å². The van der Waals surface area contributed by atoms with Gasteiger partial charge in [-0.15, -0.1) is 0 Å². The Hall–Kier alpha value is -2.29. The molecule has 3 heteroatoms. The van der Waals surface area contributed by atoms with E-state index in [2.05, 4.69) is 42.6 Å². The maximum atomic E-state index is 12.3. The van der Waals surface area contributed by atoms with Gasteiger partial charge < -0.3 is 11.1 Å². The van der Waals surface area contributed by atoms with Crippen LogP contribution in [0.1, 0.15) is 47.6 Å². The zero-order chi connectivity index (χ0) is 16.2. The largest absolute Gasteiger partial charge is 0.399 e. The normalized spacial score (nSPS) is 16.7. The number of aryl methyl sites for hydroxylation is 3. The van der Waals surface area contributed by atoms with Gasteiger partial charge in [-0.2, -0.15) is 0 Å². The molecular formula is C20H24N2O. The van der Waals surface area contributed by atoms with Crippen LogP contribution >= 0.6 is 0 Å². The number of nitrogens with one attached hydrogen (secondary N) is 1. The van der Waals surface area contributed by atoms with E-state index in [1.54, 1.807) is 0 Å². The first-order chi connectivity index (χ1) is 11.1. The zero-order valence-electron chi connectivity index (χ0n) is 13.6. The third-order valence-corrected chi connectivity index (χ3v) is 4.58. The molecule has 1 unspecified atom stereocenters. The molecule has 0 heterocycles. The van der Waals surface area contributed by atoms with Gasteiger partial charge in [0.25, 0.3) is 0 Å². The van der Waals surface area contributed by atoms with Gasteiger partial charge >= 0.3 is 0 Å². The fourth-order valence-corrected chi connectivity index (χ4v) is 3.26. The summed E-state index contributed by atoms with van der Waals surface area (Å²) in [5.41, 5.74) is 11.6. The van der Waals surface area contributed by atoms with Crippen LogP contribution in [-0.4, -0.2) is 5.91 Å². The van der Waals surface area contributed by atoms with E-state index >= 15 is 0 Å². The highest BCUT2D eigenvalue weighted by atomic mass is 16.1. The van der Waals surface area contributed by atoms with Crippen LogP contribution in [-0.2, 0) is 17.6 Å². The van der Waals surface area contributed by atoms with E-state index < -0.39 is 0 Å². The van der Waals surface area contributed by atoms with Crippen LogP contribution in [0.4, 0.5) is 5.69 Å². The van der Waals surface area contributed by atoms with Gasteiger partial charge in [-0.1, -0.05) is 35.9 Å². The quantitative estimate of drug-likeness (QED) is 0.846. The molecular weight excluding hydrogens is 284 g/mol. The van der Waals surface area contributed by atoms with Crippen molar-refractivity contribution in [1.82, 2.24) is 5.32 Å². The summed E-state index contributed by atoms with van der Waals surface area (Å²) in [5, 5.41) is 3.20. The number of carbonyl (C=O) groups excluding carboxylic acids is 1. The van der Waals surface area contributed by atoms with Crippen molar-refractivity contribution in [3.8, 4) is 0 Å². The van der Waals surface area contributed by atoms with Crippen LogP contribution in [0, 0.1) is 6.92 Å². The second-order valence-electron chi connectivity index (χ2n) is 6.46. The minimum atomic E-state index is 0.125. The van der Waals surface area contributed by atoms with Gasteiger partial charge in [0.15, 0.2) is 0 Å². The van der Waals surface area contributed by atoms with Crippen molar-refractivity contribution < 1.29 is 4.79 Å². The van der Waals surface area contributed by atoms with Crippen molar-refractivity contribution in [2.75, 3.05) is 5.73 Å². The minimum absolute atomic E-state index is 0.125. The van der Waals surface area contributed by atoms with Crippen molar-refractivity contribution >= 4 is 11.6 Å². The Kier molecular flexibility index (Phi) is 4.65. The smallest absolute Gasteiger partial charge is 0.220 e. The highest BCUT2D eigenvalue weighted by Gasteiger charge is 2.21. The van der Waals surface area contributed by atoms with Crippen molar-refractivity contribution in [2.45, 2.75) is 45.1 Å². The van der Waals surface area contributed by atoms with E-state index in [1.165, 1.54) is 22.3 Å². The number of hydrogen-bond acceptors (Lipinski definition) is 2. The molecule has 3 N–H and O–H groups in total. The average molecular weight is 308 g/mol. The van der Waals surface area contributed by atoms with Gasteiger partial charge in [-0.05, 0) is 61.4 Å². The summed E-state index contributed by atoms with van der Waals surface area (Å²) >= 11 is 0. The van der Waals surface area contributed by atoms with E-state index in [-0.39, 0.29) is 11.9 Å². The average Bonchev–Trinajstić information content (AvgIpc) is 2.54. The second kappa shape index (κ2) is 6.86. The van der Waals surface area contributed by atoms with Gasteiger partial charge in [-0.3, -0.25) is 4.79 Å². The molecule has 0 aliphatic heterocycles. The lowest BCUT2D eigenvalue weighted by Gasteiger charge is -2.26. The molecule has 0 aromatic heterocycles. The van der Waals surface area contributed by atoms with Crippen LogP contribution in [0.3, 0.4) is 0 Å². The molecule has 1 aliphatic rings. The molecule has 0 bridgehead atoms. The molecule has 3 nitrogen and oxygen atoms in total. The maximum Gasteiger partial charge on any atom is 0.220 e. The zero-order valence-corrected chi connectivity index (χ0v) is 13.6. The molecule has 1 atom stereocenters. The molecule has 0 saturated heterocycles. The number of rotatable bonds is 4. The fraction of sp³-hybridized carbons (Fsp3) is 0.350. The second-order valence-corrected chi connectivity index (χ2v) is 6.46. The molecule has 3 rings (SSSR count). The first-order valence-electron chi connectivity index (χ1n) is 8.35. The molecule has 2 aromatic carbocycles. The first-order valence-corrected chi connectivity index (χ1v) is 8.35. The number of nitrogens with two attached hydrogens (primary N) is 1. The Bertz CT molecular complexity index is 691. The number of benzene rings is 2. The Morgan fingerprint density at radius 3 is 2.78 bits per heavy atom. The predicted octanol–water partition coefficient (Wildman–Crippen LogP) is 3.70. The van der Waals surface area contributed by atoms with Gasteiger partial charge in [0.1, 0.15) is 0 Å². The standard InChI is InChI=1S/C20H24N2O/c1-14-5-7-15(8-6-14)9-12-20(23)22-19-4-2-3-16-13-17(21)10-11-18(16)19/h5-8,10-11,13,19H,2-4,9,12,21H2,1H3,(H,22,23). The topological polar surface area (TPSA) is 55.1 Å². The molecule has 0 saturated carbocycles. The van der Waals surface area contributed by atoms with E-state index in [4.69, 9.17) is 5.73 Å². The lowest BCUT2D eigenvalue weighted by molar-refractivity contribution is -0.121. The molecule has 2 aromatic rings. The fourth-order valence-electron chi connectivity index (χ4n) is 3.26. The maximum absolute atomic E-state index is 12.3. The van der Waals surface area contributed by atoms with Gasteiger partial charge in [0.2, 0.25) is 5.91 Å². The summed E-state index contributed by atoms with van der Waals surface area (Å²) < 4.78 is 0. The number of hydrogen-bond donors (Lipinski definition) is 2. The van der Waals surface area contributed by atoms with E-state index in [0.717, 1.165) is 31.4 Å². The van der Waals surface area contributed by atoms with Crippen LogP contribution in [0.15, 0.2) is 42.5 Å². The highest BCUT2D eigenvalue weighted by molar-refractivity contribution is 5.77. The lowest BCUT2D eigenvalue weighted by atomic mass is 9.87. The minimum Gasteiger partial charge on any atom is -0.399 e. The Morgan fingerprint density at radius 1 is 1.22 bits per heavy atom. The van der Waals surface area contributed by atoms with Crippen molar-refractivity contribution in [2.24, 2.45) is 0 Å². The third-order valence-electron chi connectivity index (χ3n) is 4.58. The van der Waals surface area contributed by atoms with E-state index in [1.807, 2.05) is 12.1 Å². The number of fused-ring (bicyclic) bond motifs is 1. The lowest BCUT2D eigenvalue weighted by Crippen LogP contribution is -2.31. The first kappa shape index (κ1) is 15.6. The monoisotopic (exact) mass is 308 g/mol. The highest BCUT2D eigenvalue weighted by Crippen LogP contribution is 2.31. The summed E-state index contributed by atoms with van der Waals surface area (Å²) in [7, 11) is 0. The van der Waals surface area contributed by atoms with Crippen LogP contribution in [0.25, 0.3) is 0 Å². The van der Waals surface area contributed by atoms with Crippen LogP contribution in [0.5, 0.6) is 0 Å². The van der Waals surface area contributed by atoms with Gasteiger partial charge in [0.05, 0.1) is 6.04 Å². The molecule has 120 valence electrons. The Balaban J connectivity index is 1.59. The SMILES string of the molecule is Cc1ccc(CCC(=O)NC2CCCc3cc(N)ccc32)cc1. The third kappa shape index (κ3) is 3.92.